The summed E-state index contributed by atoms with van der Waals surface area (Å²) in [5, 5.41) is 7.19. The van der Waals surface area contributed by atoms with Crippen molar-refractivity contribution in [2.45, 2.75) is 0 Å². The first-order valence-electron chi connectivity index (χ1n) is 22.9. The van der Waals surface area contributed by atoms with E-state index in [2.05, 4.69) is 252 Å². The zero-order chi connectivity index (χ0) is 44.3. The summed E-state index contributed by atoms with van der Waals surface area (Å²) in [5.74, 6) is 0. The number of hydrogen-bond donors (Lipinski definition) is 0. The van der Waals surface area contributed by atoms with Crippen LogP contribution >= 0.6 is 0 Å². The van der Waals surface area contributed by atoms with Gasteiger partial charge in [0, 0.05) is 49.4 Å². The van der Waals surface area contributed by atoms with E-state index in [4.69, 9.17) is 4.42 Å². The fourth-order valence-electron chi connectivity index (χ4n) is 10.3. The quantitative estimate of drug-likeness (QED) is 0.152. The smallest absolute Gasteiger partial charge is 0.143 e. The monoisotopic (exact) mass is 854 g/mol. The fourth-order valence-corrected chi connectivity index (χ4v) is 10.3. The van der Waals surface area contributed by atoms with Crippen molar-refractivity contribution in [1.82, 2.24) is 4.57 Å². The number of furan rings is 1. The number of aromatic nitrogens is 1. The lowest BCUT2D eigenvalue weighted by Crippen LogP contribution is -2.10. The highest BCUT2D eigenvalue weighted by molar-refractivity contribution is 6.11. The predicted octanol–water partition coefficient (Wildman–Crippen LogP) is 18.0. The zero-order valence-corrected chi connectivity index (χ0v) is 36.6. The Labute approximate surface area is 388 Å². The van der Waals surface area contributed by atoms with Gasteiger partial charge in [0.15, 0.2) is 0 Å². The molecule has 67 heavy (non-hydrogen) atoms. The van der Waals surface area contributed by atoms with Crippen LogP contribution in [-0.2, 0) is 0 Å². The number of anilines is 3. The van der Waals surface area contributed by atoms with Gasteiger partial charge in [0.25, 0.3) is 0 Å². The molecule has 0 aliphatic heterocycles. The minimum Gasteiger partial charge on any atom is -0.455 e. The summed E-state index contributed by atoms with van der Waals surface area (Å²) in [6, 6.07) is 91.9. The largest absolute Gasteiger partial charge is 0.455 e. The third-order valence-corrected chi connectivity index (χ3v) is 13.4. The molecule has 2 heterocycles. The normalized spacial score (nSPS) is 11.6. The van der Waals surface area contributed by atoms with Gasteiger partial charge in [-0.25, -0.2) is 0 Å². The molecule has 0 radical (unpaired) electrons. The Morgan fingerprint density at radius 3 is 1.48 bits per heavy atom. The summed E-state index contributed by atoms with van der Waals surface area (Å²) in [6.07, 6.45) is 0. The molecule has 2 aromatic heterocycles. The van der Waals surface area contributed by atoms with Crippen LogP contribution in [0.5, 0.6) is 0 Å². The van der Waals surface area contributed by atoms with Crippen molar-refractivity contribution >= 4 is 71.6 Å². The summed E-state index contributed by atoms with van der Waals surface area (Å²) in [6.45, 7) is 0. The standard InChI is InChI=1S/C64H42N2O/c1-2-18-51-45(15-1)16-13-29-59(51)65(48-39-35-44(36-40-48)43-31-33-47(34-32-43)52-24-14-25-58-57-23-8-12-30-63(57)67-64(52)58)49-41-37-46(38-42-49)50-17-3-4-19-53(50)54-20-5-9-26-60(54)66-61-27-10-6-21-55(61)56-22-7-11-28-62(56)66/h1-42H. The van der Waals surface area contributed by atoms with E-state index in [1.165, 1.54) is 49.3 Å². The highest BCUT2D eigenvalue weighted by atomic mass is 16.3. The predicted molar refractivity (Wildman–Crippen MR) is 282 cm³/mol. The summed E-state index contributed by atoms with van der Waals surface area (Å²) in [5.41, 5.74) is 17.9. The lowest BCUT2D eigenvalue weighted by Gasteiger charge is -2.27. The van der Waals surface area contributed by atoms with Gasteiger partial charge < -0.3 is 13.9 Å². The topological polar surface area (TPSA) is 21.3 Å². The van der Waals surface area contributed by atoms with E-state index in [9.17, 15) is 0 Å². The Bertz CT molecular complexity index is 3910. The minimum atomic E-state index is 0.911. The van der Waals surface area contributed by atoms with Crippen LogP contribution in [0, 0.1) is 0 Å². The maximum atomic E-state index is 6.38. The van der Waals surface area contributed by atoms with Crippen molar-refractivity contribution in [2.24, 2.45) is 0 Å². The van der Waals surface area contributed by atoms with Crippen molar-refractivity contribution in [1.29, 1.82) is 0 Å². The van der Waals surface area contributed by atoms with Gasteiger partial charge in [-0.1, -0.05) is 200 Å². The van der Waals surface area contributed by atoms with Gasteiger partial charge in [0.1, 0.15) is 11.2 Å². The van der Waals surface area contributed by atoms with Crippen LogP contribution in [0.2, 0.25) is 0 Å². The third-order valence-electron chi connectivity index (χ3n) is 13.4. The Morgan fingerprint density at radius 2 is 0.761 bits per heavy atom. The van der Waals surface area contributed by atoms with Crippen LogP contribution in [0.4, 0.5) is 17.1 Å². The van der Waals surface area contributed by atoms with Gasteiger partial charge in [-0.3, -0.25) is 0 Å². The van der Waals surface area contributed by atoms with Crippen LogP contribution in [-0.4, -0.2) is 4.57 Å². The molecule has 314 valence electrons. The molecule has 11 aromatic carbocycles. The molecule has 3 heteroatoms. The van der Waals surface area contributed by atoms with Crippen LogP contribution < -0.4 is 4.90 Å². The molecular weight excluding hydrogens is 813 g/mol. The van der Waals surface area contributed by atoms with Gasteiger partial charge in [0.05, 0.1) is 22.4 Å². The summed E-state index contributed by atoms with van der Waals surface area (Å²) < 4.78 is 8.80. The fraction of sp³-hybridized carbons (Fsp3) is 0. The number of hydrogen-bond acceptors (Lipinski definition) is 2. The van der Waals surface area contributed by atoms with Gasteiger partial charge in [-0.15, -0.1) is 0 Å². The first-order chi connectivity index (χ1) is 33.2. The average molecular weight is 855 g/mol. The Hall–Kier alpha value is -8.92. The van der Waals surface area contributed by atoms with Gasteiger partial charge in [-0.05, 0) is 93.4 Å². The van der Waals surface area contributed by atoms with Crippen molar-refractivity contribution in [3.05, 3.63) is 255 Å². The number of para-hydroxylation sites is 5. The highest BCUT2D eigenvalue weighted by Crippen LogP contribution is 2.43. The van der Waals surface area contributed by atoms with E-state index < -0.39 is 0 Å². The van der Waals surface area contributed by atoms with Crippen LogP contribution in [0.1, 0.15) is 0 Å². The SMILES string of the molecule is c1ccc(-c2ccccc2-n2c3ccccc3c3ccccc32)c(-c2ccc(N(c3ccc(-c4ccc(-c5cccc6c5oc5ccccc56)cc4)cc3)c3cccc4ccccc34)cc2)c1. The van der Waals surface area contributed by atoms with Gasteiger partial charge in [-0.2, -0.15) is 0 Å². The van der Waals surface area contributed by atoms with Crippen molar-refractivity contribution in [3.63, 3.8) is 0 Å². The molecule has 0 fully saturated rings. The molecule has 0 N–H and O–H groups in total. The van der Waals surface area contributed by atoms with Gasteiger partial charge in [0.2, 0.25) is 0 Å². The Balaban J connectivity index is 0.865. The lowest BCUT2D eigenvalue weighted by atomic mass is 9.93. The summed E-state index contributed by atoms with van der Waals surface area (Å²) in [7, 11) is 0. The van der Waals surface area contributed by atoms with Crippen LogP contribution in [0.25, 0.3) is 105 Å². The first kappa shape index (κ1) is 38.5. The van der Waals surface area contributed by atoms with Crippen LogP contribution in [0.15, 0.2) is 259 Å². The molecule has 0 aliphatic rings. The molecule has 0 unspecified atom stereocenters. The maximum Gasteiger partial charge on any atom is 0.143 e. The summed E-state index contributed by atoms with van der Waals surface area (Å²) >= 11 is 0. The second-order valence-electron chi connectivity index (χ2n) is 17.2. The van der Waals surface area contributed by atoms with Gasteiger partial charge >= 0.3 is 0 Å². The molecule has 0 saturated heterocycles. The van der Waals surface area contributed by atoms with Crippen molar-refractivity contribution in [3.8, 4) is 50.2 Å². The second kappa shape index (κ2) is 16.0. The third kappa shape index (κ3) is 6.51. The van der Waals surface area contributed by atoms with Crippen LogP contribution in [0.3, 0.4) is 0 Å². The minimum absolute atomic E-state index is 0.911. The first-order valence-corrected chi connectivity index (χ1v) is 22.9. The van der Waals surface area contributed by atoms with E-state index in [-0.39, 0.29) is 0 Å². The second-order valence-corrected chi connectivity index (χ2v) is 17.2. The molecule has 13 rings (SSSR count). The Morgan fingerprint density at radius 1 is 0.299 bits per heavy atom. The maximum absolute atomic E-state index is 6.38. The average Bonchev–Trinajstić information content (AvgIpc) is 3.95. The van der Waals surface area contributed by atoms with E-state index in [0.29, 0.717) is 0 Å². The van der Waals surface area contributed by atoms with E-state index in [1.807, 2.05) is 12.1 Å². The molecular formula is C64H42N2O. The number of benzene rings is 11. The molecule has 0 saturated carbocycles. The molecule has 0 aliphatic carbocycles. The van der Waals surface area contributed by atoms with Crippen molar-refractivity contribution in [2.75, 3.05) is 4.90 Å². The number of nitrogens with zero attached hydrogens (tertiary/aromatic N) is 2. The summed E-state index contributed by atoms with van der Waals surface area (Å²) in [4.78, 5) is 2.39. The molecule has 0 bridgehead atoms. The molecule has 0 spiro atoms. The zero-order valence-electron chi connectivity index (χ0n) is 36.6. The molecule has 3 nitrogen and oxygen atoms in total. The lowest BCUT2D eigenvalue weighted by molar-refractivity contribution is 0.670. The number of fused-ring (bicyclic) bond motifs is 7. The molecule has 0 atom stereocenters. The Kier molecular flexibility index (Phi) is 9.17. The van der Waals surface area contributed by atoms with E-state index in [1.54, 1.807) is 0 Å². The molecule has 13 aromatic rings. The van der Waals surface area contributed by atoms with E-state index >= 15 is 0 Å². The number of rotatable bonds is 8. The van der Waals surface area contributed by atoms with E-state index in [0.717, 1.165) is 72.5 Å². The molecule has 0 amide bonds. The highest BCUT2D eigenvalue weighted by Gasteiger charge is 2.20. The van der Waals surface area contributed by atoms with Crippen molar-refractivity contribution < 1.29 is 4.42 Å².